The molecule has 0 spiro atoms. The molecule has 166 valence electrons. The zero-order chi connectivity index (χ0) is 22.3. The fourth-order valence-corrected chi connectivity index (χ4v) is 4.94. The van der Waals surface area contributed by atoms with Crippen LogP contribution in [0.4, 0.5) is 0 Å². The van der Waals surface area contributed by atoms with Crippen molar-refractivity contribution in [3.05, 3.63) is 34.3 Å². The Morgan fingerprint density at radius 3 is 2.57 bits per heavy atom. The van der Waals surface area contributed by atoms with E-state index in [0.29, 0.717) is 19.7 Å². The van der Waals surface area contributed by atoms with E-state index in [9.17, 15) is 4.79 Å². The van der Waals surface area contributed by atoms with Gasteiger partial charge in [-0.25, -0.2) is 0 Å². The first-order valence-electron chi connectivity index (χ1n) is 10.7. The van der Waals surface area contributed by atoms with Crippen molar-refractivity contribution in [1.29, 1.82) is 0 Å². The molecule has 2 heterocycles. The maximum absolute atomic E-state index is 13.1. The molecule has 0 aromatic heterocycles. The van der Waals surface area contributed by atoms with Crippen LogP contribution in [-0.2, 0) is 9.22 Å². The lowest BCUT2D eigenvalue weighted by Crippen LogP contribution is -2.51. The van der Waals surface area contributed by atoms with E-state index in [-0.39, 0.29) is 10.9 Å². The number of ether oxygens (including phenoxy) is 1. The highest BCUT2D eigenvalue weighted by Gasteiger charge is 2.38. The highest BCUT2D eigenvalue weighted by Crippen LogP contribution is 2.40. The van der Waals surface area contributed by atoms with Crippen LogP contribution in [0.3, 0.4) is 0 Å². The zero-order valence-corrected chi connectivity index (χ0v) is 21.9. The molecule has 1 saturated heterocycles. The molecule has 2 aliphatic heterocycles. The van der Waals surface area contributed by atoms with E-state index >= 15 is 0 Å². The second-order valence-electron chi connectivity index (χ2n) is 10.3. The summed E-state index contributed by atoms with van der Waals surface area (Å²) in [5.41, 5.74) is 1.46. The van der Waals surface area contributed by atoms with Gasteiger partial charge in [0.25, 0.3) is 0 Å². The van der Waals surface area contributed by atoms with Gasteiger partial charge in [0, 0.05) is 36.3 Å². The fraction of sp³-hybridized carbons (Fsp3) is 0.609. The molecule has 7 heteroatoms. The largest absolute Gasteiger partial charge is 0.483 e. The summed E-state index contributed by atoms with van der Waals surface area (Å²) in [4.78, 5) is 17.2. The monoisotopic (exact) mass is 494 g/mol. The number of halogens is 1. The average Bonchev–Trinajstić information content (AvgIpc) is 2.60. The molecular formula is C23H35BrN2O3Si. The third-order valence-electron chi connectivity index (χ3n) is 6.34. The van der Waals surface area contributed by atoms with Crippen molar-refractivity contribution in [3.8, 4) is 5.75 Å². The predicted octanol–water partition coefficient (Wildman–Crippen LogP) is 5.13. The molecule has 0 atom stereocenters. The normalized spacial score (nSPS) is 19.9. The van der Waals surface area contributed by atoms with Gasteiger partial charge >= 0.3 is 0 Å². The molecular weight excluding hydrogens is 460 g/mol. The zero-order valence-electron chi connectivity index (χ0n) is 19.3. The Bertz CT molecular complexity index is 845. The third kappa shape index (κ3) is 5.18. The number of carbonyl (C=O) groups excluding carboxylic acids is 1. The molecule has 1 aromatic carbocycles. The summed E-state index contributed by atoms with van der Waals surface area (Å²) in [5, 5.41) is 0.200. The van der Waals surface area contributed by atoms with Gasteiger partial charge in [-0.2, -0.15) is 0 Å². The van der Waals surface area contributed by atoms with Crippen LogP contribution in [-0.4, -0.2) is 62.4 Å². The summed E-state index contributed by atoms with van der Waals surface area (Å²) in [7, 11) is -1.76. The number of carbonyl (C=O) groups is 1. The van der Waals surface area contributed by atoms with E-state index in [1.54, 1.807) is 0 Å². The topological polar surface area (TPSA) is 42.0 Å². The quantitative estimate of drug-likeness (QED) is 0.532. The van der Waals surface area contributed by atoms with Crippen molar-refractivity contribution in [1.82, 2.24) is 9.80 Å². The highest BCUT2D eigenvalue weighted by molar-refractivity contribution is 9.10. The van der Waals surface area contributed by atoms with Gasteiger partial charge in [0.05, 0.1) is 12.2 Å². The Morgan fingerprint density at radius 1 is 1.23 bits per heavy atom. The Kier molecular flexibility index (Phi) is 6.59. The smallest absolute Gasteiger partial charge is 0.241 e. The van der Waals surface area contributed by atoms with Crippen molar-refractivity contribution in [2.45, 2.75) is 58.4 Å². The van der Waals surface area contributed by atoms with E-state index in [0.717, 1.165) is 34.6 Å². The number of piperazine rings is 1. The SMILES string of the molecule is CC1(C)C=C(N2CCN(CCO[Si](C)(C)C(C)(C)C)CC2=O)c2cc(Br)ccc2O1. The second kappa shape index (κ2) is 8.41. The number of amides is 1. The number of rotatable bonds is 5. The minimum absolute atomic E-state index is 0.128. The molecule has 1 amide bonds. The summed E-state index contributed by atoms with van der Waals surface area (Å²) in [6, 6.07) is 5.97. The Morgan fingerprint density at radius 2 is 1.93 bits per heavy atom. The van der Waals surface area contributed by atoms with Gasteiger partial charge in [0.15, 0.2) is 8.32 Å². The first-order chi connectivity index (χ1) is 13.8. The van der Waals surface area contributed by atoms with Crippen LogP contribution >= 0.6 is 15.9 Å². The van der Waals surface area contributed by atoms with E-state index < -0.39 is 13.9 Å². The summed E-state index contributed by atoms with van der Waals surface area (Å²) < 4.78 is 13.4. The minimum Gasteiger partial charge on any atom is -0.483 e. The van der Waals surface area contributed by atoms with Crippen molar-refractivity contribution in [3.63, 3.8) is 0 Å². The van der Waals surface area contributed by atoms with Crippen LogP contribution in [0.2, 0.25) is 18.1 Å². The van der Waals surface area contributed by atoms with Crippen LogP contribution in [0.15, 0.2) is 28.7 Å². The molecule has 0 radical (unpaired) electrons. The van der Waals surface area contributed by atoms with Crippen molar-refractivity contribution >= 4 is 35.9 Å². The van der Waals surface area contributed by atoms with E-state index in [1.807, 2.05) is 36.9 Å². The van der Waals surface area contributed by atoms with Gasteiger partial charge in [-0.05, 0) is 56.3 Å². The molecule has 0 bridgehead atoms. The number of nitrogens with zero attached hydrogens (tertiary/aromatic N) is 2. The molecule has 0 N–H and O–H groups in total. The molecule has 1 fully saturated rings. The number of benzene rings is 1. The number of fused-ring (bicyclic) bond motifs is 1. The van der Waals surface area contributed by atoms with Gasteiger partial charge in [-0.3, -0.25) is 9.69 Å². The predicted molar refractivity (Wildman–Crippen MR) is 128 cm³/mol. The van der Waals surface area contributed by atoms with Gasteiger partial charge in [0.2, 0.25) is 5.91 Å². The molecule has 30 heavy (non-hydrogen) atoms. The molecule has 0 aliphatic carbocycles. The molecule has 2 aliphatic rings. The first-order valence-corrected chi connectivity index (χ1v) is 14.4. The van der Waals surface area contributed by atoms with Crippen molar-refractivity contribution in [2.24, 2.45) is 0 Å². The highest BCUT2D eigenvalue weighted by atomic mass is 79.9. The van der Waals surface area contributed by atoms with E-state index in [4.69, 9.17) is 9.16 Å². The molecule has 3 rings (SSSR count). The van der Waals surface area contributed by atoms with Gasteiger partial charge in [0.1, 0.15) is 11.4 Å². The number of hydrogen-bond acceptors (Lipinski definition) is 4. The summed E-state index contributed by atoms with van der Waals surface area (Å²) >= 11 is 3.55. The van der Waals surface area contributed by atoms with Crippen LogP contribution in [0.25, 0.3) is 5.70 Å². The van der Waals surface area contributed by atoms with Gasteiger partial charge in [-0.15, -0.1) is 0 Å². The Labute approximate surface area is 190 Å². The van der Waals surface area contributed by atoms with Gasteiger partial charge < -0.3 is 14.1 Å². The lowest BCUT2D eigenvalue weighted by Gasteiger charge is -2.40. The molecule has 0 unspecified atom stereocenters. The standard InChI is InChI=1S/C23H35BrN2O3Si/c1-22(2,3)30(6,7)28-13-12-25-10-11-26(21(27)16-25)19-15-23(4,5)29-20-9-8-17(24)14-18(19)20/h8-9,14-15H,10-13,16H2,1-7H3. The fourth-order valence-electron chi connectivity index (χ4n) is 3.55. The Balaban J connectivity index is 1.67. The lowest BCUT2D eigenvalue weighted by atomic mass is 9.98. The minimum atomic E-state index is -1.76. The molecule has 0 saturated carbocycles. The van der Waals surface area contributed by atoms with Crippen molar-refractivity contribution < 1.29 is 14.0 Å². The number of hydrogen-bond donors (Lipinski definition) is 0. The Hall–Kier alpha value is -1.15. The summed E-state index contributed by atoms with van der Waals surface area (Å²) in [6.45, 7) is 18.8. The summed E-state index contributed by atoms with van der Waals surface area (Å²) in [6.07, 6.45) is 2.07. The average molecular weight is 496 g/mol. The van der Waals surface area contributed by atoms with Crippen LogP contribution in [0.1, 0.15) is 40.2 Å². The van der Waals surface area contributed by atoms with Crippen LogP contribution in [0, 0.1) is 0 Å². The maximum Gasteiger partial charge on any atom is 0.241 e. The van der Waals surface area contributed by atoms with Gasteiger partial charge in [-0.1, -0.05) is 36.7 Å². The third-order valence-corrected chi connectivity index (χ3v) is 11.4. The first kappa shape index (κ1) is 23.5. The molecule has 1 aromatic rings. The summed E-state index contributed by atoms with van der Waals surface area (Å²) in [5.74, 6) is 0.946. The molecule has 5 nitrogen and oxygen atoms in total. The van der Waals surface area contributed by atoms with Crippen LogP contribution < -0.4 is 4.74 Å². The maximum atomic E-state index is 13.1. The van der Waals surface area contributed by atoms with E-state index in [1.165, 1.54) is 0 Å². The lowest BCUT2D eigenvalue weighted by molar-refractivity contribution is -0.132. The van der Waals surface area contributed by atoms with E-state index in [2.05, 4.69) is 60.8 Å². The van der Waals surface area contributed by atoms with Crippen LogP contribution in [0.5, 0.6) is 5.75 Å². The van der Waals surface area contributed by atoms with Crippen molar-refractivity contribution in [2.75, 3.05) is 32.8 Å². The second-order valence-corrected chi connectivity index (χ2v) is 16.0.